The van der Waals surface area contributed by atoms with Crippen LogP contribution in [0.25, 0.3) is 0 Å². The maximum atomic E-state index is 10.5. The lowest BCUT2D eigenvalue weighted by atomic mass is 9.80. The van der Waals surface area contributed by atoms with Gasteiger partial charge in [0, 0.05) is 18.9 Å². The Morgan fingerprint density at radius 3 is 2.94 bits per heavy atom. The molecule has 0 aromatic carbocycles. The quantitative estimate of drug-likeness (QED) is 0.858. The number of hydrogen-bond acceptors (Lipinski definition) is 4. The van der Waals surface area contributed by atoms with Crippen molar-refractivity contribution in [2.24, 2.45) is 0 Å². The number of aryl methyl sites for hydroxylation is 1. The van der Waals surface area contributed by atoms with Crippen LogP contribution in [0.5, 0.6) is 0 Å². The van der Waals surface area contributed by atoms with E-state index in [1.54, 1.807) is 18.4 Å². The smallest absolute Gasteiger partial charge is 0.303 e. The fourth-order valence-corrected chi connectivity index (χ4v) is 2.96. The van der Waals surface area contributed by atoms with Crippen molar-refractivity contribution in [3.63, 3.8) is 0 Å². The van der Waals surface area contributed by atoms with Gasteiger partial charge in [-0.2, -0.15) is 0 Å². The molecule has 16 heavy (non-hydrogen) atoms. The van der Waals surface area contributed by atoms with Crippen LogP contribution < -0.4 is 0 Å². The summed E-state index contributed by atoms with van der Waals surface area (Å²) < 4.78 is 5.53. The van der Waals surface area contributed by atoms with Gasteiger partial charge in [-0.15, -0.1) is 11.3 Å². The fraction of sp³-hybridized carbons (Fsp3) is 0.636. The predicted octanol–water partition coefficient (Wildman–Crippen LogP) is 2.19. The van der Waals surface area contributed by atoms with Gasteiger partial charge in [-0.3, -0.25) is 4.79 Å². The Balaban J connectivity index is 2.04. The van der Waals surface area contributed by atoms with Crippen LogP contribution >= 0.6 is 11.3 Å². The average molecular weight is 241 g/mol. The highest BCUT2D eigenvalue weighted by atomic mass is 32.1. The zero-order valence-corrected chi connectivity index (χ0v) is 10.0. The topological polar surface area (TPSA) is 59.4 Å². The van der Waals surface area contributed by atoms with E-state index in [0.29, 0.717) is 6.42 Å². The third kappa shape index (κ3) is 2.10. The van der Waals surface area contributed by atoms with Gasteiger partial charge < -0.3 is 9.84 Å². The molecule has 5 heteroatoms. The van der Waals surface area contributed by atoms with Crippen molar-refractivity contribution in [1.29, 1.82) is 0 Å². The normalized spacial score (nSPS) is 18.1. The molecular formula is C11H15NO3S. The third-order valence-electron chi connectivity index (χ3n) is 3.09. The number of rotatable bonds is 5. The summed E-state index contributed by atoms with van der Waals surface area (Å²) in [5.41, 5.74) is 0.692. The minimum atomic E-state index is -0.778. The molecular weight excluding hydrogens is 226 g/mol. The second kappa shape index (κ2) is 4.51. The molecule has 4 nitrogen and oxygen atoms in total. The van der Waals surface area contributed by atoms with Crippen LogP contribution in [0.1, 0.15) is 36.4 Å². The molecule has 1 fully saturated rings. The molecule has 88 valence electrons. The highest BCUT2D eigenvalue weighted by molar-refractivity contribution is 7.09. The summed E-state index contributed by atoms with van der Waals surface area (Å²) in [4.78, 5) is 14.9. The lowest BCUT2D eigenvalue weighted by molar-refractivity contribution is -0.136. The number of aliphatic carboxylic acids is 1. The zero-order valence-electron chi connectivity index (χ0n) is 9.23. The molecule has 2 rings (SSSR count). The highest BCUT2D eigenvalue weighted by Gasteiger charge is 2.41. The van der Waals surface area contributed by atoms with Gasteiger partial charge in [0.1, 0.15) is 10.6 Å². The van der Waals surface area contributed by atoms with Crippen molar-refractivity contribution in [1.82, 2.24) is 4.98 Å². The van der Waals surface area contributed by atoms with Gasteiger partial charge in [0.2, 0.25) is 0 Å². The number of carboxylic acids is 1. The largest absolute Gasteiger partial charge is 0.481 e. The number of ether oxygens (including phenoxy) is 1. The molecule has 1 aromatic rings. The Kier molecular flexibility index (Phi) is 3.25. The Morgan fingerprint density at radius 1 is 1.69 bits per heavy atom. The number of carboxylic acid groups (broad SMARTS) is 1. The monoisotopic (exact) mass is 241 g/mol. The molecule has 0 spiro atoms. The fourth-order valence-electron chi connectivity index (χ4n) is 1.87. The average Bonchev–Trinajstić information content (AvgIpc) is 2.63. The van der Waals surface area contributed by atoms with Gasteiger partial charge >= 0.3 is 5.97 Å². The van der Waals surface area contributed by atoms with Crippen LogP contribution in [0.4, 0.5) is 0 Å². The van der Waals surface area contributed by atoms with E-state index in [-0.39, 0.29) is 12.0 Å². The standard InChI is InChI=1S/C11H15NO3S/c1-15-11(5-2-6-11)10-12-8(7-16-10)3-4-9(13)14/h7H,2-6H2,1H3,(H,13,14). The molecule has 1 aliphatic carbocycles. The van der Waals surface area contributed by atoms with Crippen molar-refractivity contribution < 1.29 is 14.6 Å². The van der Waals surface area contributed by atoms with Crippen molar-refractivity contribution in [3.05, 3.63) is 16.1 Å². The molecule has 1 aromatic heterocycles. The molecule has 1 aliphatic rings. The van der Waals surface area contributed by atoms with Crippen LogP contribution in [0, 0.1) is 0 Å². The molecule has 0 atom stereocenters. The van der Waals surface area contributed by atoms with E-state index in [0.717, 1.165) is 23.5 Å². The van der Waals surface area contributed by atoms with E-state index < -0.39 is 5.97 Å². The minimum absolute atomic E-state index is 0.142. The van der Waals surface area contributed by atoms with Crippen molar-refractivity contribution in [3.8, 4) is 0 Å². The van der Waals surface area contributed by atoms with Gasteiger partial charge in [-0.1, -0.05) is 0 Å². The van der Waals surface area contributed by atoms with Gasteiger partial charge in [0.05, 0.1) is 12.1 Å². The first-order valence-electron chi connectivity index (χ1n) is 5.38. The van der Waals surface area contributed by atoms with E-state index >= 15 is 0 Å². The Labute approximate surface area is 98.3 Å². The summed E-state index contributed by atoms with van der Waals surface area (Å²) in [6.07, 6.45) is 3.87. The number of thiazole rings is 1. The number of carbonyl (C=O) groups is 1. The van der Waals surface area contributed by atoms with E-state index in [1.807, 2.05) is 5.38 Å². The number of hydrogen-bond donors (Lipinski definition) is 1. The van der Waals surface area contributed by atoms with Crippen LogP contribution in [0.3, 0.4) is 0 Å². The number of methoxy groups -OCH3 is 1. The number of nitrogens with zero attached hydrogens (tertiary/aromatic N) is 1. The van der Waals surface area contributed by atoms with E-state index in [9.17, 15) is 4.79 Å². The molecule has 1 heterocycles. The molecule has 0 aliphatic heterocycles. The van der Waals surface area contributed by atoms with E-state index in [2.05, 4.69) is 4.98 Å². The van der Waals surface area contributed by atoms with Gasteiger partial charge in [0.25, 0.3) is 0 Å². The lowest BCUT2D eigenvalue weighted by Crippen LogP contribution is -2.35. The summed E-state index contributed by atoms with van der Waals surface area (Å²) in [6, 6.07) is 0. The third-order valence-corrected chi connectivity index (χ3v) is 4.16. The molecule has 0 amide bonds. The van der Waals surface area contributed by atoms with Gasteiger partial charge in [-0.25, -0.2) is 4.98 Å². The second-order valence-corrected chi connectivity index (χ2v) is 4.95. The van der Waals surface area contributed by atoms with Crippen molar-refractivity contribution in [2.75, 3.05) is 7.11 Å². The van der Waals surface area contributed by atoms with E-state index in [1.165, 1.54) is 6.42 Å². The molecule has 0 unspecified atom stereocenters. The summed E-state index contributed by atoms with van der Waals surface area (Å²) in [6.45, 7) is 0. The maximum absolute atomic E-state index is 10.5. The zero-order chi connectivity index (χ0) is 11.6. The highest BCUT2D eigenvalue weighted by Crippen LogP contribution is 2.45. The Hall–Kier alpha value is -0.940. The van der Waals surface area contributed by atoms with Gasteiger partial charge in [0.15, 0.2) is 0 Å². The molecule has 0 saturated heterocycles. The molecule has 1 N–H and O–H groups in total. The number of aromatic nitrogens is 1. The maximum Gasteiger partial charge on any atom is 0.303 e. The van der Waals surface area contributed by atoms with E-state index in [4.69, 9.17) is 9.84 Å². The summed E-state index contributed by atoms with van der Waals surface area (Å²) >= 11 is 1.58. The Bertz CT molecular complexity index is 379. The summed E-state index contributed by atoms with van der Waals surface area (Å²) in [7, 11) is 1.72. The van der Waals surface area contributed by atoms with Gasteiger partial charge in [-0.05, 0) is 19.3 Å². The SMILES string of the molecule is COC1(c2nc(CCC(=O)O)cs2)CCC1. The van der Waals surface area contributed by atoms with Crippen molar-refractivity contribution in [2.45, 2.75) is 37.7 Å². The molecule has 0 bridgehead atoms. The minimum Gasteiger partial charge on any atom is -0.481 e. The predicted molar refractivity (Wildman–Crippen MR) is 60.6 cm³/mol. The first-order valence-corrected chi connectivity index (χ1v) is 6.26. The lowest BCUT2D eigenvalue weighted by Gasteiger charge is -2.38. The molecule has 0 radical (unpaired) electrons. The summed E-state index contributed by atoms with van der Waals surface area (Å²) in [5, 5.41) is 11.5. The van der Waals surface area contributed by atoms with Crippen LogP contribution in [-0.2, 0) is 21.6 Å². The first-order chi connectivity index (χ1) is 7.66. The van der Waals surface area contributed by atoms with Crippen LogP contribution in [0.2, 0.25) is 0 Å². The second-order valence-electron chi connectivity index (χ2n) is 4.09. The van der Waals surface area contributed by atoms with Crippen molar-refractivity contribution >= 4 is 17.3 Å². The first kappa shape index (κ1) is 11.5. The van der Waals surface area contributed by atoms with Crippen LogP contribution in [-0.4, -0.2) is 23.2 Å². The molecule has 1 saturated carbocycles. The Morgan fingerprint density at radius 2 is 2.44 bits per heavy atom. The summed E-state index contributed by atoms with van der Waals surface area (Å²) in [5.74, 6) is -0.778. The van der Waals surface area contributed by atoms with Crippen LogP contribution in [0.15, 0.2) is 5.38 Å².